The molecule has 2 aliphatic rings. The molecule has 0 radical (unpaired) electrons. The van der Waals surface area contributed by atoms with Crippen molar-refractivity contribution in [2.75, 3.05) is 33.7 Å². The Bertz CT molecular complexity index is 363. The highest BCUT2D eigenvalue weighted by molar-refractivity contribution is 5.79. The maximum atomic E-state index is 11.6. The fourth-order valence-electron chi connectivity index (χ4n) is 4.15. The predicted octanol–water partition coefficient (Wildman–Crippen LogP) is 1.39. The Morgan fingerprint density at radius 3 is 2.81 bits per heavy atom. The molecule has 3 atom stereocenters. The van der Waals surface area contributed by atoms with Crippen molar-refractivity contribution in [3.8, 4) is 0 Å². The van der Waals surface area contributed by atoms with Gasteiger partial charge < -0.3 is 15.3 Å². The molecule has 1 saturated carbocycles. The second-order valence-electron chi connectivity index (χ2n) is 6.75. The molecule has 21 heavy (non-hydrogen) atoms. The summed E-state index contributed by atoms with van der Waals surface area (Å²) in [6.45, 7) is 5.64. The molecule has 5 heteroatoms. The van der Waals surface area contributed by atoms with E-state index in [1.54, 1.807) is 7.05 Å². The maximum Gasteiger partial charge on any atom is 0.323 e. The number of nitrogens with zero attached hydrogens (tertiary/aromatic N) is 2. The lowest BCUT2D eigenvalue weighted by atomic mass is 9.78. The first-order chi connectivity index (χ1) is 10.0. The van der Waals surface area contributed by atoms with Gasteiger partial charge in [0.1, 0.15) is 5.54 Å². The van der Waals surface area contributed by atoms with Gasteiger partial charge in [0.25, 0.3) is 0 Å². The molecular weight excluding hydrogens is 266 g/mol. The van der Waals surface area contributed by atoms with E-state index in [1.807, 2.05) is 0 Å². The van der Waals surface area contributed by atoms with Crippen LogP contribution in [0.5, 0.6) is 0 Å². The van der Waals surface area contributed by atoms with Gasteiger partial charge in [-0.2, -0.15) is 0 Å². The van der Waals surface area contributed by atoms with Crippen LogP contribution in [0.3, 0.4) is 0 Å². The van der Waals surface area contributed by atoms with E-state index in [4.69, 9.17) is 0 Å². The summed E-state index contributed by atoms with van der Waals surface area (Å²) in [5.74, 6) is -0.695. The van der Waals surface area contributed by atoms with Crippen LogP contribution in [0, 0.1) is 0 Å². The number of aliphatic carboxylic acids is 1. The van der Waals surface area contributed by atoms with Crippen molar-refractivity contribution in [2.45, 2.75) is 63.1 Å². The number of carboxylic acids is 1. The molecule has 0 aromatic rings. The van der Waals surface area contributed by atoms with Gasteiger partial charge >= 0.3 is 5.97 Å². The lowest BCUT2D eigenvalue weighted by Gasteiger charge is -2.42. The van der Waals surface area contributed by atoms with Crippen molar-refractivity contribution in [2.24, 2.45) is 0 Å². The number of rotatable bonds is 6. The van der Waals surface area contributed by atoms with Crippen LogP contribution < -0.4 is 5.32 Å². The molecule has 1 aliphatic heterocycles. The predicted molar refractivity (Wildman–Crippen MR) is 84.6 cm³/mol. The fourth-order valence-corrected chi connectivity index (χ4v) is 4.15. The summed E-state index contributed by atoms with van der Waals surface area (Å²) in [6, 6.07) is 1.03. The first-order valence-corrected chi connectivity index (χ1v) is 8.39. The largest absolute Gasteiger partial charge is 0.480 e. The summed E-state index contributed by atoms with van der Waals surface area (Å²) in [7, 11) is 3.96. The lowest BCUT2D eigenvalue weighted by Crippen LogP contribution is -2.57. The van der Waals surface area contributed by atoms with Gasteiger partial charge in [-0.3, -0.25) is 9.69 Å². The minimum absolute atomic E-state index is 0.376. The lowest BCUT2D eigenvalue weighted by molar-refractivity contribution is -0.147. The third-order valence-corrected chi connectivity index (χ3v) is 5.64. The van der Waals surface area contributed by atoms with Crippen LogP contribution in [0.4, 0.5) is 0 Å². The Kier molecular flexibility index (Phi) is 5.63. The Labute approximate surface area is 128 Å². The summed E-state index contributed by atoms with van der Waals surface area (Å²) in [6.07, 6.45) is 6.14. The van der Waals surface area contributed by atoms with Crippen molar-refractivity contribution in [3.05, 3.63) is 0 Å². The molecule has 3 unspecified atom stereocenters. The van der Waals surface area contributed by atoms with E-state index in [2.05, 4.69) is 29.1 Å². The minimum atomic E-state index is -0.725. The average Bonchev–Trinajstić information content (AvgIpc) is 2.94. The Morgan fingerprint density at radius 2 is 2.19 bits per heavy atom. The highest BCUT2D eigenvalue weighted by Crippen LogP contribution is 2.31. The zero-order valence-corrected chi connectivity index (χ0v) is 13.8. The van der Waals surface area contributed by atoms with Crippen LogP contribution in [-0.2, 0) is 4.79 Å². The highest BCUT2D eigenvalue weighted by Gasteiger charge is 2.43. The van der Waals surface area contributed by atoms with Crippen LogP contribution >= 0.6 is 0 Å². The van der Waals surface area contributed by atoms with E-state index < -0.39 is 11.5 Å². The van der Waals surface area contributed by atoms with E-state index in [0.717, 1.165) is 32.4 Å². The molecule has 1 saturated heterocycles. The number of carboxylic acid groups (broad SMARTS) is 1. The second kappa shape index (κ2) is 7.07. The zero-order chi connectivity index (χ0) is 15.5. The number of likely N-dealkylation sites (tertiary alicyclic amines) is 1. The summed E-state index contributed by atoms with van der Waals surface area (Å²) in [5, 5.41) is 12.6. The van der Waals surface area contributed by atoms with E-state index in [0.29, 0.717) is 18.5 Å². The Balaban J connectivity index is 1.95. The number of hydrogen-bond donors (Lipinski definition) is 2. The number of carbonyl (C=O) groups is 1. The first kappa shape index (κ1) is 16.7. The van der Waals surface area contributed by atoms with Gasteiger partial charge in [0.05, 0.1) is 0 Å². The standard InChI is InChI=1S/C16H31N3O2/c1-4-19-10-6-8-14(19)12-18(3)13-7-5-9-16(11-13,17-2)15(20)21/h13-14,17H,4-12H2,1-3H3,(H,20,21). The normalized spacial score (nSPS) is 34.5. The van der Waals surface area contributed by atoms with Crippen molar-refractivity contribution in [1.82, 2.24) is 15.1 Å². The molecule has 1 heterocycles. The molecule has 5 nitrogen and oxygen atoms in total. The van der Waals surface area contributed by atoms with Crippen molar-refractivity contribution in [3.63, 3.8) is 0 Å². The monoisotopic (exact) mass is 297 g/mol. The molecule has 2 rings (SSSR count). The second-order valence-corrected chi connectivity index (χ2v) is 6.75. The van der Waals surface area contributed by atoms with Crippen LogP contribution in [-0.4, -0.2) is 72.2 Å². The molecule has 0 aromatic heterocycles. The molecule has 0 amide bonds. The summed E-state index contributed by atoms with van der Waals surface area (Å²) >= 11 is 0. The van der Waals surface area contributed by atoms with Crippen molar-refractivity contribution >= 4 is 5.97 Å². The molecule has 0 aromatic carbocycles. The SMILES string of the molecule is CCN1CCCC1CN(C)C1CCCC(NC)(C(=O)O)C1. The Morgan fingerprint density at radius 1 is 1.43 bits per heavy atom. The van der Waals surface area contributed by atoms with Gasteiger partial charge in [-0.05, 0) is 65.7 Å². The third-order valence-electron chi connectivity index (χ3n) is 5.64. The summed E-state index contributed by atoms with van der Waals surface area (Å²) in [4.78, 5) is 16.6. The van der Waals surface area contributed by atoms with Crippen LogP contribution in [0.15, 0.2) is 0 Å². The fraction of sp³-hybridized carbons (Fsp3) is 0.938. The van der Waals surface area contributed by atoms with Gasteiger partial charge in [0, 0.05) is 18.6 Å². The molecule has 0 bridgehead atoms. The van der Waals surface area contributed by atoms with E-state index in [-0.39, 0.29) is 0 Å². The topological polar surface area (TPSA) is 55.8 Å². The Hall–Kier alpha value is -0.650. The van der Waals surface area contributed by atoms with Gasteiger partial charge in [0.15, 0.2) is 0 Å². The van der Waals surface area contributed by atoms with Crippen LogP contribution in [0.2, 0.25) is 0 Å². The van der Waals surface area contributed by atoms with E-state index >= 15 is 0 Å². The van der Waals surface area contributed by atoms with Gasteiger partial charge in [-0.15, -0.1) is 0 Å². The maximum absolute atomic E-state index is 11.6. The van der Waals surface area contributed by atoms with Crippen LogP contribution in [0.1, 0.15) is 45.4 Å². The summed E-state index contributed by atoms with van der Waals surface area (Å²) in [5.41, 5.74) is -0.725. The molecular formula is C16H31N3O2. The van der Waals surface area contributed by atoms with Crippen LogP contribution in [0.25, 0.3) is 0 Å². The van der Waals surface area contributed by atoms with Crippen molar-refractivity contribution in [1.29, 1.82) is 0 Å². The van der Waals surface area contributed by atoms with Gasteiger partial charge in [0.2, 0.25) is 0 Å². The van der Waals surface area contributed by atoms with E-state index in [1.165, 1.54) is 19.4 Å². The molecule has 122 valence electrons. The number of likely N-dealkylation sites (N-methyl/N-ethyl adjacent to an activating group) is 3. The molecule has 2 fully saturated rings. The number of nitrogens with one attached hydrogen (secondary N) is 1. The smallest absolute Gasteiger partial charge is 0.323 e. The summed E-state index contributed by atoms with van der Waals surface area (Å²) < 4.78 is 0. The third kappa shape index (κ3) is 3.58. The van der Waals surface area contributed by atoms with Crippen molar-refractivity contribution < 1.29 is 9.90 Å². The minimum Gasteiger partial charge on any atom is -0.480 e. The first-order valence-electron chi connectivity index (χ1n) is 8.39. The quantitative estimate of drug-likeness (QED) is 0.776. The zero-order valence-electron chi connectivity index (χ0n) is 13.8. The molecule has 0 spiro atoms. The number of hydrogen-bond acceptors (Lipinski definition) is 4. The average molecular weight is 297 g/mol. The van der Waals surface area contributed by atoms with Gasteiger partial charge in [-0.1, -0.05) is 6.92 Å². The van der Waals surface area contributed by atoms with Gasteiger partial charge in [-0.25, -0.2) is 0 Å². The van der Waals surface area contributed by atoms with E-state index in [9.17, 15) is 9.90 Å². The molecule has 1 aliphatic carbocycles. The highest BCUT2D eigenvalue weighted by atomic mass is 16.4. The molecule has 2 N–H and O–H groups in total.